The zero-order valence-electron chi connectivity index (χ0n) is 13.5. The van der Waals surface area contributed by atoms with Crippen molar-refractivity contribution in [2.45, 2.75) is 19.5 Å². The lowest BCUT2D eigenvalue weighted by molar-refractivity contribution is 0.329. The van der Waals surface area contributed by atoms with E-state index in [1.54, 1.807) is 0 Å². The Morgan fingerprint density at radius 3 is 2.48 bits per heavy atom. The first-order valence-corrected chi connectivity index (χ1v) is 7.93. The molecule has 0 atom stereocenters. The van der Waals surface area contributed by atoms with Gasteiger partial charge in [-0.05, 0) is 48.4 Å². The SMILES string of the molecule is CN(CCc1ccncc1)Cc1ccccc1Cn1cccn1. The Bertz CT molecular complexity index is 707. The molecule has 0 N–H and O–H groups in total. The van der Waals surface area contributed by atoms with Crippen molar-refractivity contribution in [3.8, 4) is 0 Å². The van der Waals surface area contributed by atoms with E-state index >= 15 is 0 Å². The third-order valence-corrected chi connectivity index (χ3v) is 3.98. The summed E-state index contributed by atoms with van der Waals surface area (Å²) in [4.78, 5) is 6.43. The molecule has 0 bridgehead atoms. The van der Waals surface area contributed by atoms with Crippen LogP contribution in [0.15, 0.2) is 67.3 Å². The lowest BCUT2D eigenvalue weighted by Crippen LogP contribution is -2.21. The van der Waals surface area contributed by atoms with Crippen molar-refractivity contribution in [2.24, 2.45) is 0 Å². The number of rotatable bonds is 7. The number of benzene rings is 1. The first-order chi connectivity index (χ1) is 11.3. The molecular formula is C19H22N4. The largest absolute Gasteiger partial charge is 0.302 e. The van der Waals surface area contributed by atoms with Gasteiger partial charge in [0.1, 0.15) is 0 Å². The van der Waals surface area contributed by atoms with E-state index in [0.29, 0.717) is 0 Å². The van der Waals surface area contributed by atoms with Gasteiger partial charge in [0.25, 0.3) is 0 Å². The third kappa shape index (κ3) is 4.50. The first-order valence-electron chi connectivity index (χ1n) is 7.93. The molecule has 118 valence electrons. The highest BCUT2D eigenvalue weighted by Crippen LogP contribution is 2.13. The summed E-state index contributed by atoms with van der Waals surface area (Å²) in [6.45, 7) is 2.80. The molecule has 0 unspecified atom stereocenters. The summed E-state index contributed by atoms with van der Waals surface area (Å²) in [5.41, 5.74) is 4.02. The fourth-order valence-corrected chi connectivity index (χ4v) is 2.67. The minimum Gasteiger partial charge on any atom is -0.302 e. The molecule has 0 aliphatic rings. The van der Waals surface area contributed by atoms with Gasteiger partial charge in [-0.3, -0.25) is 9.67 Å². The van der Waals surface area contributed by atoms with Crippen LogP contribution in [0.25, 0.3) is 0 Å². The highest BCUT2D eigenvalue weighted by Gasteiger charge is 2.06. The van der Waals surface area contributed by atoms with Gasteiger partial charge in [0.05, 0.1) is 6.54 Å². The molecule has 2 heterocycles. The number of nitrogens with zero attached hydrogens (tertiary/aromatic N) is 4. The monoisotopic (exact) mass is 306 g/mol. The Kier molecular flexibility index (Phi) is 5.17. The zero-order valence-corrected chi connectivity index (χ0v) is 13.5. The van der Waals surface area contributed by atoms with E-state index in [1.165, 1.54) is 16.7 Å². The van der Waals surface area contributed by atoms with Crippen molar-refractivity contribution in [1.82, 2.24) is 19.7 Å². The molecule has 2 aromatic heterocycles. The van der Waals surface area contributed by atoms with E-state index in [1.807, 2.05) is 35.5 Å². The van der Waals surface area contributed by atoms with E-state index in [0.717, 1.165) is 26.1 Å². The Morgan fingerprint density at radius 1 is 0.957 bits per heavy atom. The fraction of sp³-hybridized carbons (Fsp3) is 0.263. The Balaban J connectivity index is 1.60. The van der Waals surface area contributed by atoms with Crippen LogP contribution in [0.2, 0.25) is 0 Å². The van der Waals surface area contributed by atoms with E-state index < -0.39 is 0 Å². The van der Waals surface area contributed by atoms with Gasteiger partial charge >= 0.3 is 0 Å². The maximum atomic E-state index is 4.30. The molecule has 0 spiro atoms. The van der Waals surface area contributed by atoms with Gasteiger partial charge in [-0.25, -0.2) is 0 Å². The van der Waals surface area contributed by atoms with Crippen LogP contribution in [-0.4, -0.2) is 33.3 Å². The second kappa shape index (κ2) is 7.70. The lowest BCUT2D eigenvalue weighted by atomic mass is 10.1. The topological polar surface area (TPSA) is 34.0 Å². The van der Waals surface area contributed by atoms with Gasteiger partial charge in [0.15, 0.2) is 0 Å². The lowest BCUT2D eigenvalue weighted by Gasteiger charge is -2.19. The maximum absolute atomic E-state index is 4.30. The normalized spacial score (nSPS) is 11.0. The van der Waals surface area contributed by atoms with Crippen molar-refractivity contribution < 1.29 is 0 Å². The average Bonchev–Trinajstić information content (AvgIpc) is 3.09. The molecule has 0 saturated carbocycles. The number of aromatic nitrogens is 3. The highest BCUT2D eigenvalue weighted by molar-refractivity contribution is 5.27. The summed E-state index contributed by atoms with van der Waals surface area (Å²) in [5, 5.41) is 4.30. The van der Waals surface area contributed by atoms with Crippen LogP contribution in [0, 0.1) is 0 Å². The summed E-state index contributed by atoms with van der Waals surface area (Å²) < 4.78 is 1.97. The van der Waals surface area contributed by atoms with Gasteiger partial charge in [-0.1, -0.05) is 24.3 Å². The van der Waals surface area contributed by atoms with Crippen LogP contribution in [0.3, 0.4) is 0 Å². The molecule has 0 fully saturated rings. The summed E-state index contributed by atoms with van der Waals surface area (Å²) in [7, 11) is 2.17. The first kappa shape index (κ1) is 15.4. The molecule has 4 heteroatoms. The predicted molar refractivity (Wildman–Crippen MR) is 92.0 cm³/mol. The third-order valence-electron chi connectivity index (χ3n) is 3.98. The van der Waals surface area contributed by atoms with Crippen LogP contribution >= 0.6 is 0 Å². The van der Waals surface area contributed by atoms with Crippen LogP contribution in [0.1, 0.15) is 16.7 Å². The van der Waals surface area contributed by atoms with E-state index in [-0.39, 0.29) is 0 Å². The van der Waals surface area contributed by atoms with Gasteiger partial charge in [0, 0.05) is 37.9 Å². The minimum absolute atomic E-state index is 0.821. The van der Waals surface area contributed by atoms with Crippen LogP contribution in [-0.2, 0) is 19.5 Å². The van der Waals surface area contributed by atoms with Gasteiger partial charge in [0.2, 0.25) is 0 Å². The van der Waals surface area contributed by atoms with Crippen molar-refractivity contribution >= 4 is 0 Å². The quantitative estimate of drug-likeness (QED) is 0.673. The Morgan fingerprint density at radius 2 is 1.74 bits per heavy atom. The second-order valence-electron chi connectivity index (χ2n) is 5.82. The van der Waals surface area contributed by atoms with Crippen molar-refractivity contribution in [2.75, 3.05) is 13.6 Å². The molecule has 4 nitrogen and oxygen atoms in total. The standard InChI is InChI=1S/C19H22N4/c1-22(14-9-17-7-11-20-12-8-17)15-18-5-2-3-6-19(18)16-23-13-4-10-21-23/h2-8,10-13H,9,14-16H2,1H3. The average molecular weight is 306 g/mol. The molecular weight excluding hydrogens is 284 g/mol. The van der Waals surface area contributed by atoms with E-state index in [4.69, 9.17) is 0 Å². The van der Waals surface area contributed by atoms with E-state index in [9.17, 15) is 0 Å². The molecule has 3 aromatic rings. The summed E-state index contributed by atoms with van der Waals surface area (Å²) in [5.74, 6) is 0. The number of likely N-dealkylation sites (N-methyl/N-ethyl adjacent to an activating group) is 1. The maximum Gasteiger partial charge on any atom is 0.0662 e. The van der Waals surface area contributed by atoms with Crippen molar-refractivity contribution in [3.05, 3.63) is 83.9 Å². The molecule has 3 rings (SSSR count). The number of hydrogen-bond acceptors (Lipinski definition) is 3. The zero-order chi connectivity index (χ0) is 15.9. The number of hydrogen-bond donors (Lipinski definition) is 0. The summed E-state index contributed by atoms with van der Waals surface area (Å²) in [6, 6.07) is 14.7. The second-order valence-corrected chi connectivity index (χ2v) is 5.82. The van der Waals surface area contributed by atoms with Gasteiger partial charge in [-0.2, -0.15) is 5.10 Å². The minimum atomic E-state index is 0.821. The van der Waals surface area contributed by atoms with Gasteiger partial charge in [-0.15, -0.1) is 0 Å². The molecule has 23 heavy (non-hydrogen) atoms. The Hall–Kier alpha value is -2.46. The van der Waals surface area contributed by atoms with Crippen LogP contribution < -0.4 is 0 Å². The smallest absolute Gasteiger partial charge is 0.0662 e. The van der Waals surface area contributed by atoms with Crippen LogP contribution in [0.5, 0.6) is 0 Å². The number of pyridine rings is 1. The van der Waals surface area contributed by atoms with Gasteiger partial charge < -0.3 is 4.90 Å². The van der Waals surface area contributed by atoms with Crippen LogP contribution in [0.4, 0.5) is 0 Å². The fourth-order valence-electron chi connectivity index (χ4n) is 2.67. The summed E-state index contributed by atoms with van der Waals surface area (Å²) in [6.07, 6.45) is 8.58. The Labute approximate surface area is 137 Å². The molecule has 0 saturated heterocycles. The van der Waals surface area contributed by atoms with Crippen molar-refractivity contribution in [3.63, 3.8) is 0 Å². The van der Waals surface area contributed by atoms with E-state index in [2.05, 4.69) is 58.4 Å². The molecule has 0 aliphatic carbocycles. The predicted octanol–water partition coefficient (Wildman–Crippen LogP) is 3.00. The highest BCUT2D eigenvalue weighted by atomic mass is 15.3. The molecule has 0 amide bonds. The molecule has 0 radical (unpaired) electrons. The van der Waals surface area contributed by atoms with Crippen molar-refractivity contribution in [1.29, 1.82) is 0 Å². The summed E-state index contributed by atoms with van der Waals surface area (Å²) >= 11 is 0. The molecule has 0 aliphatic heterocycles. The molecule has 1 aromatic carbocycles.